The summed E-state index contributed by atoms with van der Waals surface area (Å²) in [6.07, 6.45) is -3.18. The number of carbonyl (C=O) groups excluding carboxylic acids is 1. The molecule has 2 atom stereocenters. The summed E-state index contributed by atoms with van der Waals surface area (Å²) < 4.78 is 44.2. The monoisotopic (exact) mass is 403 g/mol. The molecule has 0 aromatic heterocycles. The van der Waals surface area contributed by atoms with Crippen molar-refractivity contribution < 1.29 is 22.7 Å². The number of para-hydroxylation sites is 1. The normalized spacial score (nSPS) is 20.8. The quantitative estimate of drug-likeness (QED) is 0.612. The highest BCUT2D eigenvalue weighted by Crippen LogP contribution is 2.59. The van der Waals surface area contributed by atoms with Gasteiger partial charge in [0.25, 0.3) is 0 Å². The van der Waals surface area contributed by atoms with Gasteiger partial charge in [-0.1, -0.05) is 50.3 Å². The molecule has 2 unspecified atom stereocenters. The molecule has 1 aliphatic carbocycles. The van der Waals surface area contributed by atoms with Crippen molar-refractivity contribution in [2.45, 2.75) is 33.5 Å². The van der Waals surface area contributed by atoms with Gasteiger partial charge < -0.3 is 10.1 Å². The molecule has 3 rings (SSSR count). The summed E-state index contributed by atoms with van der Waals surface area (Å²) in [4.78, 5) is 12.6. The van der Waals surface area contributed by atoms with Crippen molar-refractivity contribution in [2.75, 3.05) is 0 Å². The Hall–Kier alpha value is -2.76. The van der Waals surface area contributed by atoms with Gasteiger partial charge >= 0.3 is 6.18 Å². The van der Waals surface area contributed by atoms with E-state index in [0.29, 0.717) is 11.5 Å². The summed E-state index contributed by atoms with van der Waals surface area (Å²) in [7, 11) is 0. The number of carbonyl (C=O) groups is 1. The van der Waals surface area contributed by atoms with Crippen LogP contribution in [0.2, 0.25) is 0 Å². The highest BCUT2D eigenvalue weighted by atomic mass is 19.4. The van der Waals surface area contributed by atoms with E-state index in [9.17, 15) is 18.0 Å². The van der Waals surface area contributed by atoms with Gasteiger partial charge in [-0.3, -0.25) is 4.79 Å². The summed E-state index contributed by atoms with van der Waals surface area (Å²) in [5, 5.41) is 2.84. The van der Waals surface area contributed by atoms with Gasteiger partial charge in [0, 0.05) is 12.1 Å². The van der Waals surface area contributed by atoms with Crippen LogP contribution in [0.5, 0.6) is 11.5 Å². The molecule has 0 bridgehead atoms. The maximum Gasteiger partial charge on any atom is 0.412 e. The van der Waals surface area contributed by atoms with E-state index in [-0.39, 0.29) is 12.5 Å². The Balaban J connectivity index is 1.60. The second kappa shape index (κ2) is 7.93. The molecule has 1 aliphatic rings. The average molecular weight is 403 g/mol. The molecule has 1 fully saturated rings. The van der Waals surface area contributed by atoms with E-state index in [1.807, 2.05) is 68.4 Å². The maximum atomic E-state index is 12.8. The third-order valence-electron chi connectivity index (χ3n) is 5.41. The molecular weight excluding hydrogens is 379 g/mol. The lowest BCUT2D eigenvalue weighted by atomic mass is 10.1. The van der Waals surface area contributed by atoms with Crippen molar-refractivity contribution in [3.63, 3.8) is 0 Å². The van der Waals surface area contributed by atoms with Crippen LogP contribution in [-0.4, -0.2) is 12.1 Å². The van der Waals surface area contributed by atoms with Crippen LogP contribution in [0.1, 0.15) is 26.3 Å². The van der Waals surface area contributed by atoms with Gasteiger partial charge in [-0.05, 0) is 48.1 Å². The topological polar surface area (TPSA) is 38.3 Å². The lowest BCUT2D eigenvalue weighted by Gasteiger charge is -2.09. The summed E-state index contributed by atoms with van der Waals surface area (Å²) in [5.74, 6) is 0.237. The molecule has 1 saturated carbocycles. The number of alkyl halides is 3. The zero-order valence-electron chi connectivity index (χ0n) is 16.6. The number of rotatable bonds is 6. The first-order chi connectivity index (χ1) is 13.6. The fourth-order valence-electron chi connectivity index (χ4n) is 3.50. The molecule has 154 valence electrons. The lowest BCUT2D eigenvalue weighted by molar-refractivity contribution is -0.123. The minimum absolute atomic E-state index is 0.236. The number of benzene rings is 2. The van der Waals surface area contributed by atoms with E-state index >= 15 is 0 Å². The molecule has 0 heterocycles. The number of allylic oxidation sites excluding steroid dienone is 2. The van der Waals surface area contributed by atoms with Crippen LogP contribution >= 0.6 is 0 Å². The van der Waals surface area contributed by atoms with Crippen LogP contribution in [0.4, 0.5) is 13.2 Å². The first-order valence-corrected chi connectivity index (χ1v) is 9.44. The highest BCUT2D eigenvalue weighted by molar-refractivity contribution is 5.83. The van der Waals surface area contributed by atoms with Gasteiger partial charge in [-0.2, -0.15) is 13.2 Å². The Morgan fingerprint density at radius 2 is 1.76 bits per heavy atom. The number of nitrogens with one attached hydrogen (secondary N) is 1. The Morgan fingerprint density at radius 1 is 1.10 bits per heavy atom. The number of halogens is 3. The zero-order chi connectivity index (χ0) is 21.2. The van der Waals surface area contributed by atoms with Crippen molar-refractivity contribution in [1.29, 1.82) is 0 Å². The van der Waals surface area contributed by atoms with E-state index < -0.39 is 29.0 Å². The standard InChI is InChI=1S/C23H24F3NO2/c1-15(23(24,25)26)12-19-20(22(19,2)3)21(28)27-14-16-8-7-11-18(13-16)29-17-9-5-4-6-10-17/h4-13,19-20H,14H2,1-3H3,(H,27,28)/b15-12+. The first kappa shape index (κ1) is 21.0. The fourth-order valence-corrected chi connectivity index (χ4v) is 3.50. The van der Waals surface area contributed by atoms with Crippen molar-refractivity contribution in [3.05, 3.63) is 71.8 Å². The first-order valence-electron chi connectivity index (χ1n) is 9.44. The maximum absolute atomic E-state index is 12.8. The Bertz CT molecular complexity index is 904. The van der Waals surface area contributed by atoms with Gasteiger partial charge in [0.05, 0.1) is 5.92 Å². The van der Waals surface area contributed by atoms with Crippen LogP contribution in [0, 0.1) is 17.3 Å². The van der Waals surface area contributed by atoms with Gasteiger partial charge in [0.15, 0.2) is 0 Å². The SMILES string of the molecule is C/C(=C\C1C(C(=O)NCc2cccc(Oc3ccccc3)c2)C1(C)C)C(F)(F)F. The third-order valence-corrected chi connectivity index (χ3v) is 5.41. The number of hydrogen-bond donors (Lipinski definition) is 1. The fraction of sp³-hybridized carbons (Fsp3) is 0.348. The molecule has 3 nitrogen and oxygen atoms in total. The highest BCUT2D eigenvalue weighted by Gasteiger charge is 2.60. The van der Waals surface area contributed by atoms with Crippen LogP contribution in [0.3, 0.4) is 0 Å². The second-order valence-corrected chi connectivity index (χ2v) is 7.95. The Labute approximate surface area is 168 Å². The van der Waals surface area contributed by atoms with E-state index in [2.05, 4.69) is 5.32 Å². The van der Waals surface area contributed by atoms with E-state index in [0.717, 1.165) is 12.5 Å². The summed E-state index contributed by atoms with van der Waals surface area (Å²) >= 11 is 0. The summed E-state index contributed by atoms with van der Waals surface area (Å²) in [6, 6.07) is 16.7. The van der Waals surface area contributed by atoms with E-state index in [1.54, 1.807) is 0 Å². The number of ether oxygens (including phenoxy) is 1. The van der Waals surface area contributed by atoms with Crippen LogP contribution in [-0.2, 0) is 11.3 Å². The van der Waals surface area contributed by atoms with Gasteiger partial charge in [0.1, 0.15) is 11.5 Å². The van der Waals surface area contributed by atoms with Crippen molar-refractivity contribution in [1.82, 2.24) is 5.32 Å². The largest absolute Gasteiger partial charge is 0.457 e. The van der Waals surface area contributed by atoms with Crippen LogP contribution < -0.4 is 10.1 Å². The average Bonchev–Trinajstić information content (AvgIpc) is 3.20. The molecule has 29 heavy (non-hydrogen) atoms. The Morgan fingerprint density at radius 3 is 2.41 bits per heavy atom. The lowest BCUT2D eigenvalue weighted by Crippen LogP contribution is -2.26. The number of amides is 1. The van der Waals surface area contributed by atoms with Crippen molar-refractivity contribution in [2.24, 2.45) is 17.3 Å². The smallest absolute Gasteiger partial charge is 0.412 e. The summed E-state index contributed by atoms with van der Waals surface area (Å²) in [5.41, 5.74) is -0.296. The van der Waals surface area contributed by atoms with Gasteiger partial charge in [-0.25, -0.2) is 0 Å². The van der Waals surface area contributed by atoms with Crippen LogP contribution in [0.15, 0.2) is 66.2 Å². The molecule has 6 heteroatoms. The molecule has 1 amide bonds. The number of hydrogen-bond acceptors (Lipinski definition) is 2. The van der Waals surface area contributed by atoms with E-state index in [4.69, 9.17) is 4.74 Å². The summed E-state index contributed by atoms with van der Waals surface area (Å²) in [6.45, 7) is 4.96. The van der Waals surface area contributed by atoms with E-state index in [1.165, 1.54) is 6.08 Å². The molecular formula is C23H24F3NO2. The molecule has 2 aromatic carbocycles. The Kier molecular flexibility index (Phi) is 5.73. The molecule has 1 N–H and O–H groups in total. The molecule has 0 saturated heterocycles. The van der Waals surface area contributed by atoms with Gasteiger partial charge in [-0.15, -0.1) is 0 Å². The van der Waals surface area contributed by atoms with Gasteiger partial charge in [0.2, 0.25) is 5.91 Å². The molecule has 2 aromatic rings. The third kappa shape index (κ3) is 5.00. The molecule has 0 spiro atoms. The molecule has 0 radical (unpaired) electrons. The molecule has 0 aliphatic heterocycles. The zero-order valence-corrected chi connectivity index (χ0v) is 16.6. The van der Waals surface area contributed by atoms with Crippen LogP contribution in [0.25, 0.3) is 0 Å². The minimum atomic E-state index is -4.36. The minimum Gasteiger partial charge on any atom is -0.457 e. The second-order valence-electron chi connectivity index (χ2n) is 7.95. The van der Waals surface area contributed by atoms with Crippen molar-refractivity contribution >= 4 is 5.91 Å². The predicted octanol–water partition coefficient (Wildman–Crippen LogP) is 5.88. The predicted molar refractivity (Wildman–Crippen MR) is 105 cm³/mol. The van der Waals surface area contributed by atoms with Crippen molar-refractivity contribution in [3.8, 4) is 11.5 Å².